The van der Waals surface area contributed by atoms with E-state index in [1.165, 1.54) is 0 Å². The minimum absolute atomic E-state index is 0.0218. The smallest absolute Gasteiger partial charge is 0.301 e. The molecule has 1 saturated carbocycles. The molecular weight excluding hydrogens is 444 g/mol. The second-order valence-electron chi connectivity index (χ2n) is 8.82. The largest absolute Gasteiger partial charge is 0.484 e. The van der Waals surface area contributed by atoms with E-state index < -0.39 is 24.5 Å². The molecular formula is C25H29F2N3O4. The quantitative estimate of drug-likeness (QED) is 0.546. The zero-order valence-electron chi connectivity index (χ0n) is 18.8. The van der Waals surface area contributed by atoms with Crippen molar-refractivity contribution >= 4 is 17.5 Å². The predicted octanol–water partition coefficient (Wildman–Crippen LogP) is 3.16. The average Bonchev–Trinajstić information content (AvgIpc) is 3.66. The first kappa shape index (κ1) is 24.1. The lowest BCUT2D eigenvalue weighted by atomic mass is 10.0. The number of carbonyl (C=O) groups is 2. The number of ether oxygens (including phenoxy) is 1. The lowest BCUT2D eigenvalue weighted by molar-refractivity contribution is -0.160. The van der Waals surface area contributed by atoms with Crippen LogP contribution in [0.4, 0.5) is 14.5 Å². The molecule has 0 radical (unpaired) electrons. The third kappa shape index (κ3) is 5.53. The summed E-state index contributed by atoms with van der Waals surface area (Å²) in [4.78, 5) is 25.0. The first-order valence-corrected chi connectivity index (χ1v) is 11.5. The molecule has 2 aromatic rings. The number of benzene rings is 2. The van der Waals surface area contributed by atoms with Crippen LogP contribution in [0.1, 0.15) is 31.2 Å². The van der Waals surface area contributed by atoms with Gasteiger partial charge in [0.05, 0.1) is 13.2 Å². The van der Waals surface area contributed by atoms with Gasteiger partial charge in [-0.1, -0.05) is 18.2 Å². The van der Waals surface area contributed by atoms with Crippen LogP contribution < -0.4 is 15.8 Å². The van der Waals surface area contributed by atoms with Crippen molar-refractivity contribution in [1.82, 2.24) is 4.90 Å². The van der Waals surface area contributed by atoms with Gasteiger partial charge < -0.3 is 25.8 Å². The summed E-state index contributed by atoms with van der Waals surface area (Å²) in [6.45, 7) is -0.885. The highest BCUT2D eigenvalue weighted by atomic mass is 19.3. The third-order valence-electron chi connectivity index (χ3n) is 6.17. The molecule has 1 aliphatic carbocycles. The van der Waals surface area contributed by atoms with E-state index >= 15 is 0 Å². The van der Waals surface area contributed by atoms with Crippen LogP contribution >= 0.6 is 0 Å². The third-order valence-corrected chi connectivity index (χ3v) is 6.17. The summed E-state index contributed by atoms with van der Waals surface area (Å²) in [5.41, 5.74) is 8.87. The van der Waals surface area contributed by atoms with E-state index in [9.17, 15) is 18.4 Å². The molecule has 34 heavy (non-hydrogen) atoms. The molecule has 7 nitrogen and oxygen atoms in total. The summed E-state index contributed by atoms with van der Waals surface area (Å²) in [6, 6.07) is 12.6. The molecule has 1 saturated heterocycles. The minimum atomic E-state index is -3.23. The molecule has 2 aliphatic rings. The fraction of sp³-hybridized carbons (Fsp3) is 0.440. The summed E-state index contributed by atoms with van der Waals surface area (Å²) >= 11 is 0. The Kier molecular flexibility index (Phi) is 7.13. The van der Waals surface area contributed by atoms with Crippen molar-refractivity contribution in [1.29, 1.82) is 0 Å². The molecule has 4 rings (SSSR count). The Hall–Kier alpha value is -3.04. The molecule has 9 heteroatoms. The summed E-state index contributed by atoms with van der Waals surface area (Å²) in [7, 11) is 0. The molecule has 2 fully saturated rings. The molecule has 2 amide bonds. The maximum absolute atomic E-state index is 14.7. The van der Waals surface area contributed by atoms with Crippen LogP contribution in [0.2, 0.25) is 0 Å². The molecule has 1 aliphatic heterocycles. The maximum Gasteiger partial charge on any atom is 0.301 e. The maximum atomic E-state index is 14.7. The molecule has 1 heterocycles. The molecule has 2 aromatic carbocycles. The summed E-state index contributed by atoms with van der Waals surface area (Å²) in [5, 5.41) is 11.8. The van der Waals surface area contributed by atoms with Crippen LogP contribution in [0.25, 0.3) is 11.1 Å². The number of nitrogens with one attached hydrogen (secondary N) is 1. The Morgan fingerprint density at radius 2 is 1.91 bits per heavy atom. The molecule has 0 aromatic heterocycles. The van der Waals surface area contributed by atoms with Crippen LogP contribution in [0, 0.1) is 5.92 Å². The number of nitrogens with two attached hydrogens (primary N) is 1. The number of anilines is 1. The van der Waals surface area contributed by atoms with Gasteiger partial charge in [0.2, 0.25) is 11.8 Å². The Balaban J connectivity index is 1.47. The van der Waals surface area contributed by atoms with Crippen LogP contribution in [0.15, 0.2) is 42.5 Å². The van der Waals surface area contributed by atoms with Gasteiger partial charge in [0.1, 0.15) is 5.75 Å². The number of alkyl halides is 2. The number of piperidine rings is 1. The van der Waals surface area contributed by atoms with Crippen molar-refractivity contribution in [2.24, 2.45) is 11.7 Å². The van der Waals surface area contributed by atoms with E-state index in [-0.39, 0.29) is 50.1 Å². The molecule has 0 bridgehead atoms. The first-order valence-electron chi connectivity index (χ1n) is 11.5. The van der Waals surface area contributed by atoms with Crippen LogP contribution in [0.5, 0.6) is 5.75 Å². The Morgan fingerprint density at radius 1 is 1.15 bits per heavy atom. The van der Waals surface area contributed by atoms with E-state index in [1.807, 2.05) is 24.3 Å². The number of amides is 2. The molecule has 0 spiro atoms. The Labute approximate surface area is 196 Å². The Morgan fingerprint density at radius 3 is 2.59 bits per heavy atom. The molecule has 0 unspecified atom stereocenters. The minimum Gasteiger partial charge on any atom is -0.484 e. The van der Waals surface area contributed by atoms with Crippen molar-refractivity contribution in [3.05, 3.63) is 48.0 Å². The number of likely N-dealkylation sites (tertiary alicyclic amines) is 1. The van der Waals surface area contributed by atoms with Gasteiger partial charge >= 0.3 is 5.92 Å². The lowest BCUT2D eigenvalue weighted by Gasteiger charge is -2.38. The molecule has 182 valence electrons. The van der Waals surface area contributed by atoms with Crippen molar-refractivity contribution in [3.63, 3.8) is 0 Å². The summed E-state index contributed by atoms with van der Waals surface area (Å²) in [5.74, 6) is -3.33. The molecule has 4 N–H and O–H groups in total. The zero-order valence-corrected chi connectivity index (χ0v) is 18.8. The van der Waals surface area contributed by atoms with E-state index in [0.29, 0.717) is 11.3 Å². The highest BCUT2D eigenvalue weighted by Gasteiger charge is 2.47. The van der Waals surface area contributed by atoms with Gasteiger partial charge in [-0.3, -0.25) is 9.59 Å². The topological polar surface area (TPSA) is 105 Å². The van der Waals surface area contributed by atoms with Gasteiger partial charge in [0.15, 0.2) is 6.10 Å². The van der Waals surface area contributed by atoms with Crippen molar-refractivity contribution in [2.75, 3.05) is 25.0 Å². The van der Waals surface area contributed by atoms with Gasteiger partial charge in [-0.2, -0.15) is 0 Å². The van der Waals surface area contributed by atoms with Gasteiger partial charge in [-0.25, -0.2) is 8.78 Å². The number of halogens is 2. The number of rotatable bonds is 8. The van der Waals surface area contributed by atoms with Crippen molar-refractivity contribution in [2.45, 2.75) is 44.3 Å². The molecule has 1 atom stereocenters. The van der Waals surface area contributed by atoms with Gasteiger partial charge in [0.25, 0.3) is 0 Å². The van der Waals surface area contributed by atoms with Gasteiger partial charge in [-0.05, 0) is 48.2 Å². The number of carbonyl (C=O) groups excluding carboxylic acids is 2. The SMILES string of the molecule is NCc1cc(-c2cccc(NC(=O)C3CC3)c2)ccc1O[C@H]1CCN(C(=O)CCO)CC1(F)F. The van der Waals surface area contributed by atoms with E-state index in [4.69, 9.17) is 15.6 Å². The monoisotopic (exact) mass is 473 g/mol. The fourth-order valence-electron chi connectivity index (χ4n) is 4.08. The summed E-state index contributed by atoms with van der Waals surface area (Å²) in [6.07, 6.45) is 0.251. The second-order valence-corrected chi connectivity index (χ2v) is 8.82. The summed E-state index contributed by atoms with van der Waals surface area (Å²) < 4.78 is 35.2. The highest BCUT2D eigenvalue weighted by molar-refractivity contribution is 5.94. The van der Waals surface area contributed by atoms with Crippen molar-refractivity contribution in [3.8, 4) is 16.9 Å². The first-order chi connectivity index (χ1) is 16.3. The zero-order chi connectivity index (χ0) is 24.3. The fourth-order valence-corrected chi connectivity index (χ4v) is 4.08. The highest BCUT2D eigenvalue weighted by Crippen LogP contribution is 2.35. The average molecular weight is 474 g/mol. The van der Waals surface area contributed by atoms with E-state index in [0.717, 1.165) is 28.9 Å². The number of aliphatic hydroxyl groups excluding tert-OH is 1. The standard InChI is InChI=1S/C25H29F2N3O4/c26-25(27)15-30(23(32)9-11-31)10-8-22(25)34-21-7-6-18(12-19(21)14-28)17-2-1-3-20(13-17)29-24(33)16-4-5-16/h1-3,6-7,12-13,16,22,31H,4-5,8-11,14-15,28H2,(H,29,33)/t22-/m0/s1. The lowest BCUT2D eigenvalue weighted by Crippen LogP contribution is -2.55. The second kappa shape index (κ2) is 10.1. The van der Waals surface area contributed by atoms with Crippen molar-refractivity contribution < 1.29 is 28.2 Å². The predicted molar refractivity (Wildman–Crippen MR) is 123 cm³/mol. The Bertz CT molecular complexity index is 1060. The van der Waals surface area contributed by atoms with E-state index in [2.05, 4.69) is 5.32 Å². The van der Waals surface area contributed by atoms with Crippen LogP contribution in [-0.2, 0) is 16.1 Å². The number of hydrogen-bond donors (Lipinski definition) is 3. The number of hydrogen-bond acceptors (Lipinski definition) is 5. The van der Waals surface area contributed by atoms with Gasteiger partial charge in [0, 0.05) is 43.1 Å². The number of aliphatic hydroxyl groups is 1. The van der Waals surface area contributed by atoms with Crippen LogP contribution in [-0.4, -0.2) is 53.5 Å². The normalized spacial score (nSPS) is 19.5. The number of nitrogens with zero attached hydrogens (tertiary/aromatic N) is 1. The van der Waals surface area contributed by atoms with E-state index in [1.54, 1.807) is 18.2 Å². The van der Waals surface area contributed by atoms with Gasteiger partial charge in [-0.15, -0.1) is 0 Å². The van der Waals surface area contributed by atoms with Crippen LogP contribution in [0.3, 0.4) is 0 Å².